The average Bonchev–Trinajstić information content (AvgIpc) is 3.21. The molecule has 3 aromatic rings. The van der Waals surface area contributed by atoms with Crippen LogP contribution in [0.25, 0.3) is 11.0 Å². The van der Waals surface area contributed by atoms with Crippen LogP contribution in [0, 0.1) is 17.6 Å². The Balaban J connectivity index is 1.18. The van der Waals surface area contributed by atoms with E-state index in [-0.39, 0.29) is 36.1 Å². The van der Waals surface area contributed by atoms with Crippen LogP contribution in [0.3, 0.4) is 0 Å². The van der Waals surface area contributed by atoms with Gasteiger partial charge < -0.3 is 20.4 Å². The maximum atomic E-state index is 13.2. The minimum absolute atomic E-state index is 0.0417. The van der Waals surface area contributed by atoms with Gasteiger partial charge in [-0.1, -0.05) is 11.6 Å². The molecule has 3 N–H and O–H groups in total. The Morgan fingerprint density at radius 2 is 1.88 bits per heavy atom. The van der Waals surface area contributed by atoms with E-state index in [0.29, 0.717) is 43.1 Å². The minimum atomic E-state index is -1.03. The van der Waals surface area contributed by atoms with E-state index in [0.717, 1.165) is 23.2 Å². The van der Waals surface area contributed by atoms with Gasteiger partial charge in [0.1, 0.15) is 11.6 Å². The molecule has 0 atom stereocenters. The molecule has 1 aromatic heterocycles. The summed E-state index contributed by atoms with van der Waals surface area (Å²) in [6.07, 6.45) is 2.63. The molecule has 4 rings (SSSR count). The van der Waals surface area contributed by atoms with Crippen molar-refractivity contribution in [2.75, 3.05) is 6.61 Å². The maximum Gasteiger partial charge on any atom is 0.258 e. The molecule has 1 fully saturated rings. The number of ether oxygens (including phenoxy) is 1. The Labute approximate surface area is 193 Å². The summed E-state index contributed by atoms with van der Waals surface area (Å²) < 4.78 is 31.3. The van der Waals surface area contributed by atoms with Crippen molar-refractivity contribution in [1.82, 2.24) is 20.6 Å². The first-order valence-electron chi connectivity index (χ1n) is 10.7. The lowest BCUT2D eigenvalue weighted by Gasteiger charge is -2.28. The van der Waals surface area contributed by atoms with Gasteiger partial charge in [-0.05, 0) is 56.0 Å². The fraction of sp³-hybridized carbons (Fsp3) is 0.348. The Morgan fingerprint density at radius 1 is 1.09 bits per heavy atom. The third-order valence-corrected chi connectivity index (χ3v) is 5.88. The zero-order chi connectivity index (χ0) is 23.4. The second-order valence-corrected chi connectivity index (χ2v) is 8.48. The summed E-state index contributed by atoms with van der Waals surface area (Å²) in [5, 5.41) is 6.38. The highest BCUT2D eigenvalue weighted by molar-refractivity contribution is 6.31. The number of hydrogen-bond acceptors (Lipinski definition) is 4. The Morgan fingerprint density at radius 3 is 2.64 bits per heavy atom. The van der Waals surface area contributed by atoms with E-state index in [1.54, 1.807) is 12.1 Å². The molecule has 1 heterocycles. The van der Waals surface area contributed by atoms with Crippen LogP contribution in [-0.4, -0.2) is 34.4 Å². The zero-order valence-electron chi connectivity index (χ0n) is 17.7. The van der Waals surface area contributed by atoms with Crippen LogP contribution in [-0.2, 0) is 16.1 Å². The van der Waals surface area contributed by atoms with Crippen LogP contribution in [0.4, 0.5) is 8.78 Å². The molecule has 2 aromatic carbocycles. The first kappa shape index (κ1) is 23.0. The van der Waals surface area contributed by atoms with Crippen molar-refractivity contribution in [3.8, 4) is 5.75 Å². The monoisotopic (exact) mass is 476 g/mol. The summed E-state index contributed by atoms with van der Waals surface area (Å²) in [5.74, 6) is -1.79. The molecule has 174 valence electrons. The van der Waals surface area contributed by atoms with Gasteiger partial charge in [-0.3, -0.25) is 9.59 Å². The number of fused-ring (bicyclic) bond motifs is 1. The van der Waals surface area contributed by atoms with E-state index < -0.39 is 11.6 Å². The van der Waals surface area contributed by atoms with Crippen LogP contribution in [0.1, 0.15) is 31.5 Å². The fourth-order valence-corrected chi connectivity index (χ4v) is 4.08. The molecule has 1 aliphatic carbocycles. The van der Waals surface area contributed by atoms with Gasteiger partial charge in [-0.25, -0.2) is 13.8 Å². The number of aromatic nitrogens is 2. The smallest absolute Gasteiger partial charge is 0.258 e. The lowest BCUT2D eigenvalue weighted by molar-refractivity contribution is -0.126. The van der Waals surface area contributed by atoms with Crippen molar-refractivity contribution < 1.29 is 23.1 Å². The fourth-order valence-electron chi connectivity index (χ4n) is 3.92. The van der Waals surface area contributed by atoms with Gasteiger partial charge >= 0.3 is 0 Å². The number of halogens is 3. The minimum Gasteiger partial charge on any atom is -0.484 e. The second kappa shape index (κ2) is 10.2. The van der Waals surface area contributed by atoms with Crippen molar-refractivity contribution in [3.63, 3.8) is 0 Å². The third-order valence-electron chi connectivity index (χ3n) is 5.65. The average molecular weight is 477 g/mol. The van der Waals surface area contributed by atoms with Crippen LogP contribution < -0.4 is 15.4 Å². The topological polar surface area (TPSA) is 96.1 Å². The maximum absolute atomic E-state index is 13.2. The second-order valence-electron chi connectivity index (χ2n) is 8.04. The number of benzene rings is 2. The van der Waals surface area contributed by atoms with Crippen LogP contribution >= 0.6 is 11.6 Å². The van der Waals surface area contributed by atoms with Crippen LogP contribution in [0.2, 0.25) is 5.02 Å². The molecule has 0 bridgehead atoms. The van der Waals surface area contributed by atoms with Gasteiger partial charge in [0.15, 0.2) is 18.2 Å². The largest absolute Gasteiger partial charge is 0.484 e. The lowest BCUT2D eigenvalue weighted by Crippen LogP contribution is -2.42. The number of nitrogens with one attached hydrogen (secondary N) is 3. The summed E-state index contributed by atoms with van der Waals surface area (Å²) >= 11 is 5.97. The van der Waals surface area contributed by atoms with E-state index in [2.05, 4.69) is 20.6 Å². The molecule has 33 heavy (non-hydrogen) atoms. The number of hydrogen-bond donors (Lipinski definition) is 3. The Hall–Kier alpha value is -3.20. The van der Waals surface area contributed by atoms with Crippen LogP contribution in [0.5, 0.6) is 5.75 Å². The van der Waals surface area contributed by atoms with E-state index in [9.17, 15) is 18.4 Å². The van der Waals surface area contributed by atoms with Crippen molar-refractivity contribution in [2.24, 2.45) is 5.92 Å². The Bertz CT molecular complexity index is 1160. The zero-order valence-corrected chi connectivity index (χ0v) is 18.4. The first-order chi connectivity index (χ1) is 15.9. The van der Waals surface area contributed by atoms with E-state index >= 15 is 0 Å². The number of carbonyl (C=O) groups is 2. The molecular weight excluding hydrogens is 454 g/mol. The van der Waals surface area contributed by atoms with Gasteiger partial charge in [0.05, 0.1) is 17.6 Å². The highest BCUT2D eigenvalue weighted by Gasteiger charge is 2.27. The molecule has 0 spiro atoms. The highest BCUT2D eigenvalue weighted by Crippen LogP contribution is 2.25. The molecule has 1 aliphatic rings. The van der Waals surface area contributed by atoms with Gasteiger partial charge in [0.25, 0.3) is 5.91 Å². The van der Waals surface area contributed by atoms with Crippen molar-refractivity contribution >= 4 is 34.4 Å². The molecule has 0 saturated heterocycles. The van der Waals surface area contributed by atoms with Crippen molar-refractivity contribution in [2.45, 2.75) is 38.3 Å². The molecule has 0 unspecified atom stereocenters. The summed E-state index contributed by atoms with van der Waals surface area (Å²) in [4.78, 5) is 32.2. The lowest BCUT2D eigenvalue weighted by atomic mass is 9.85. The van der Waals surface area contributed by atoms with Crippen molar-refractivity contribution in [1.29, 1.82) is 0 Å². The number of H-pyrrole nitrogens is 1. The van der Waals surface area contributed by atoms with E-state index in [4.69, 9.17) is 16.3 Å². The summed E-state index contributed by atoms with van der Waals surface area (Å²) in [6.45, 7) is -0.00266. The van der Waals surface area contributed by atoms with Crippen molar-refractivity contribution in [3.05, 3.63) is 58.9 Å². The van der Waals surface area contributed by atoms with Gasteiger partial charge in [-0.15, -0.1) is 0 Å². The number of rotatable bonds is 7. The predicted molar refractivity (Wildman–Crippen MR) is 119 cm³/mol. The van der Waals surface area contributed by atoms with Crippen LogP contribution in [0.15, 0.2) is 36.4 Å². The predicted octanol–water partition coefficient (Wildman–Crippen LogP) is 3.86. The molecule has 7 nitrogen and oxygen atoms in total. The Kier molecular flexibility index (Phi) is 7.08. The number of carbonyl (C=O) groups excluding carboxylic acids is 2. The summed E-state index contributed by atoms with van der Waals surface area (Å²) in [7, 11) is 0. The number of aromatic amines is 1. The van der Waals surface area contributed by atoms with E-state index in [1.807, 2.05) is 6.07 Å². The quantitative estimate of drug-likeness (QED) is 0.482. The van der Waals surface area contributed by atoms with E-state index in [1.165, 1.54) is 6.07 Å². The van der Waals surface area contributed by atoms with Gasteiger partial charge in [0.2, 0.25) is 5.91 Å². The number of amides is 2. The third kappa shape index (κ3) is 5.98. The number of nitrogens with zero attached hydrogens (tertiary/aromatic N) is 1. The van der Waals surface area contributed by atoms with Gasteiger partial charge in [0, 0.05) is 23.0 Å². The molecular formula is C23H23ClF2N4O3. The summed E-state index contributed by atoms with van der Waals surface area (Å²) in [6, 6.07) is 8.42. The molecule has 1 saturated carbocycles. The standard InChI is InChI=1S/C23H23ClF2N4O3/c24-14-3-8-19-20(9-14)30-21(29-19)11-27-23(32)13-1-4-15(5-2-13)28-22(31)12-33-16-6-7-17(25)18(26)10-16/h3,6-10,13,15H,1-2,4-5,11-12H2,(H,27,32)(H,28,31)(H,29,30). The summed E-state index contributed by atoms with van der Waals surface area (Å²) in [5.41, 5.74) is 1.60. The molecule has 10 heteroatoms. The molecule has 2 amide bonds. The number of imidazole rings is 1. The van der Waals surface area contributed by atoms with Gasteiger partial charge in [-0.2, -0.15) is 0 Å². The first-order valence-corrected chi connectivity index (χ1v) is 11.0. The highest BCUT2D eigenvalue weighted by atomic mass is 35.5. The SMILES string of the molecule is O=C(COc1ccc(F)c(F)c1)NC1CCC(C(=O)NCc2nc3cc(Cl)ccc3[nH]2)CC1. The molecule has 0 radical (unpaired) electrons. The normalized spacial score (nSPS) is 18.2. The molecule has 0 aliphatic heterocycles.